The highest BCUT2D eigenvalue weighted by molar-refractivity contribution is 9.10. The van der Waals surface area contributed by atoms with Crippen LogP contribution in [0.2, 0.25) is 0 Å². The first-order valence-corrected chi connectivity index (χ1v) is 5.13. The zero-order chi connectivity index (χ0) is 11.4. The maximum absolute atomic E-state index is 10.9. The zero-order valence-electron chi connectivity index (χ0n) is 8.45. The van der Waals surface area contributed by atoms with E-state index < -0.39 is 12.0 Å². The van der Waals surface area contributed by atoms with E-state index in [0.29, 0.717) is 11.3 Å². The van der Waals surface area contributed by atoms with Gasteiger partial charge in [-0.2, -0.15) is 0 Å². The summed E-state index contributed by atoms with van der Waals surface area (Å²) in [6.07, 6.45) is 0. The van der Waals surface area contributed by atoms with Crippen molar-refractivity contribution in [2.75, 3.05) is 14.2 Å². The molecule has 0 bridgehead atoms. The summed E-state index contributed by atoms with van der Waals surface area (Å²) < 4.78 is 5.80. The van der Waals surface area contributed by atoms with E-state index in [-0.39, 0.29) is 0 Å². The van der Waals surface area contributed by atoms with Crippen molar-refractivity contribution in [3.05, 3.63) is 28.2 Å². The maximum atomic E-state index is 10.9. The van der Waals surface area contributed by atoms with Gasteiger partial charge in [-0.3, -0.25) is 4.79 Å². The van der Waals surface area contributed by atoms with Gasteiger partial charge in [-0.15, -0.1) is 0 Å². The summed E-state index contributed by atoms with van der Waals surface area (Å²) in [6.45, 7) is 0. The minimum absolute atomic E-state index is 0.678. The van der Waals surface area contributed by atoms with Crippen LogP contribution in [-0.2, 0) is 4.79 Å². The quantitative estimate of drug-likeness (QED) is 0.879. The lowest BCUT2D eigenvalue weighted by Gasteiger charge is -2.13. The molecule has 0 aliphatic carbocycles. The summed E-state index contributed by atoms with van der Waals surface area (Å²) in [7, 11) is 3.17. The van der Waals surface area contributed by atoms with Crippen LogP contribution in [0.5, 0.6) is 5.75 Å². The number of carbonyl (C=O) groups is 1. The number of hydrogen-bond acceptors (Lipinski definition) is 3. The molecule has 0 aromatic heterocycles. The molecule has 1 aromatic carbocycles. The van der Waals surface area contributed by atoms with Crippen LogP contribution < -0.4 is 10.1 Å². The highest BCUT2D eigenvalue weighted by atomic mass is 79.9. The Morgan fingerprint density at radius 3 is 2.67 bits per heavy atom. The molecule has 1 atom stereocenters. The second-order valence-electron chi connectivity index (χ2n) is 2.95. The predicted molar refractivity (Wildman–Crippen MR) is 60.1 cm³/mol. The molecule has 0 saturated heterocycles. The molecule has 0 saturated carbocycles. The largest absolute Gasteiger partial charge is 0.496 e. The van der Waals surface area contributed by atoms with Gasteiger partial charge in [0.25, 0.3) is 0 Å². The van der Waals surface area contributed by atoms with Crippen molar-refractivity contribution < 1.29 is 14.6 Å². The highest BCUT2D eigenvalue weighted by Gasteiger charge is 2.18. The Kier molecular flexibility index (Phi) is 4.11. The van der Waals surface area contributed by atoms with Crippen LogP contribution in [0.3, 0.4) is 0 Å². The number of ether oxygens (including phenoxy) is 1. The Bertz CT molecular complexity index is 368. The van der Waals surface area contributed by atoms with Gasteiger partial charge < -0.3 is 15.2 Å². The summed E-state index contributed by atoms with van der Waals surface area (Å²) in [5.74, 6) is -0.228. The molecule has 82 valence electrons. The van der Waals surface area contributed by atoms with Gasteiger partial charge in [-0.1, -0.05) is 6.07 Å². The van der Waals surface area contributed by atoms with E-state index in [1.54, 1.807) is 32.4 Å². The molecule has 5 heteroatoms. The van der Waals surface area contributed by atoms with E-state index in [0.717, 1.165) is 4.47 Å². The first kappa shape index (κ1) is 12.0. The van der Waals surface area contributed by atoms with Crippen LogP contribution in [0.1, 0.15) is 11.6 Å². The molecule has 0 radical (unpaired) electrons. The average molecular weight is 274 g/mol. The standard InChI is InChI=1S/C10H12BrNO3/c1-12-9(10(13)14)6-3-4-8(15-2)7(11)5-6/h3-5,9,12H,1-2H3,(H,13,14). The van der Waals surface area contributed by atoms with Crippen LogP contribution in [0.15, 0.2) is 22.7 Å². The van der Waals surface area contributed by atoms with E-state index in [9.17, 15) is 4.79 Å². The van der Waals surface area contributed by atoms with Crippen molar-refractivity contribution in [2.45, 2.75) is 6.04 Å². The topological polar surface area (TPSA) is 58.6 Å². The number of nitrogens with one attached hydrogen (secondary N) is 1. The van der Waals surface area contributed by atoms with Crippen molar-refractivity contribution in [3.8, 4) is 5.75 Å². The Morgan fingerprint density at radius 2 is 2.27 bits per heavy atom. The molecule has 1 rings (SSSR count). The van der Waals surface area contributed by atoms with Crippen molar-refractivity contribution >= 4 is 21.9 Å². The second kappa shape index (κ2) is 5.14. The van der Waals surface area contributed by atoms with E-state index in [4.69, 9.17) is 9.84 Å². The summed E-state index contributed by atoms with van der Waals surface area (Å²) in [6, 6.07) is 4.48. The molecule has 0 heterocycles. The molecule has 0 aliphatic heterocycles. The Morgan fingerprint density at radius 1 is 1.60 bits per heavy atom. The van der Waals surface area contributed by atoms with Gasteiger partial charge in [-0.05, 0) is 40.7 Å². The Labute approximate surface area is 96.4 Å². The lowest BCUT2D eigenvalue weighted by molar-refractivity contribution is -0.139. The fourth-order valence-electron chi connectivity index (χ4n) is 1.29. The molecule has 1 aromatic rings. The fourth-order valence-corrected chi connectivity index (χ4v) is 1.85. The zero-order valence-corrected chi connectivity index (χ0v) is 10.0. The first-order chi connectivity index (χ1) is 7.10. The molecule has 2 N–H and O–H groups in total. The number of halogens is 1. The number of aliphatic carboxylic acids is 1. The SMILES string of the molecule is CNC(C(=O)O)c1ccc(OC)c(Br)c1. The molecular weight excluding hydrogens is 262 g/mol. The molecule has 0 amide bonds. The third kappa shape index (κ3) is 2.70. The van der Waals surface area contributed by atoms with Gasteiger partial charge in [0.1, 0.15) is 11.8 Å². The number of benzene rings is 1. The number of hydrogen-bond donors (Lipinski definition) is 2. The van der Waals surface area contributed by atoms with Gasteiger partial charge in [0, 0.05) is 0 Å². The van der Waals surface area contributed by atoms with E-state index in [1.807, 2.05) is 0 Å². The van der Waals surface area contributed by atoms with Gasteiger partial charge in [0.05, 0.1) is 11.6 Å². The number of carboxylic acid groups (broad SMARTS) is 1. The first-order valence-electron chi connectivity index (χ1n) is 4.33. The number of carboxylic acids is 1. The van der Waals surface area contributed by atoms with Gasteiger partial charge in [-0.25, -0.2) is 0 Å². The van der Waals surface area contributed by atoms with Crippen LogP contribution in [-0.4, -0.2) is 25.2 Å². The molecule has 0 fully saturated rings. The predicted octanol–water partition coefficient (Wildman–Crippen LogP) is 1.80. The van der Waals surface area contributed by atoms with Crippen molar-refractivity contribution in [1.29, 1.82) is 0 Å². The lowest BCUT2D eigenvalue weighted by atomic mass is 10.1. The smallest absolute Gasteiger partial charge is 0.325 e. The number of rotatable bonds is 4. The average Bonchev–Trinajstić information content (AvgIpc) is 2.18. The summed E-state index contributed by atoms with van der Waals surface area (Å²) >= 11 is 3.31. The third-order valence-electron chi connectivity index (χ3n) is 2.04. The van der Waals surface area contributed by atoms with Gasteiger partial charge >= 0.3 is 5.97 Å². The third-order valence-corrected chi connectivity index (χ3v) is 2.66. The minimum Gasteiger partial charge on any atom is -0.496 e. The van der Waals surface area contributed by atoms with Gasteiger partial charge in [0.2, 0.25) is 0 Å². The van der Waals surface area contributed by atoms with Crippen molar-refractivity contribution in [3.63, 3.8) is 0 Å². The van der Waals surface area contributed by atoms with Crippen LogP contribution in [0, 0.1) is 0 Å². The van der Waals surface area contributed by atoms with Gasteiger partial charge in [0.15, 0.2) is 0 Å². The summed E-state index contributed by atoms with van der Waals surface area (Å²) in [5, 5.41) is 11.7. The highest BCUT2D eigenvalue weighted by Crippen LogP contribution is 2.27. The molecule has 1 unspecified atom stereocenters. The molecular formula is C10H12BrNO3. The van der Waals surface area contributed by atoms with Crippen LogP contribution in [0.4, 0.5) is 0 Å². The molecule has 4 nitrogen and oxygen atoms in total. The lowest BCUT2D eigenvalue weighted by Crippen LogP contribution is -2.24. The van der Waals surface area contributed by atoms with E-state index >= 15 is 0 Å². The normalized spacial score (nSPS) is 12.2. The molecule has 0 aliphatic rings. The monoisotopic (exact) mass is 273 g/mol. The second-order valence-corrected chi connectivity index (χ2v) is 3.81. The summed E-state index contributed by atoms with van der Waals surface area (Å²) in [4.78, 5) is 10.9. The van der Waals surface area contributed by atoms with Crippen molar-refractivity contribution in [1.82, 2.24) is 5.32 Å². The van der Waals surface area contributed by atoms with Crippen molar-refractivity contribution in [2.24, 2.45) is 0 Å². The number of methoxy groups -OCH3 is 1. The van der Waals surface area contributed by atoms with Crippen LogP contribution in [0.25, 0.3) is 0 Å². The molecule has 15 heavy (non-hydrogen) atoms. The summed E-state index contributed by atoms with van der Waals surface area (Å²) in [5.41, 5.74) is 0.678. The fraction of sp³-hybridized carbons (Fsp3) is 0.300. The molecule has 0 spiro atoms. The maximum Gasteiger partial charge on any atom is 0.325 e. The number of likely N-dealkylation sites (N-methyl/N-ethyl adjacent to an activating group) is 1. The Balaban J connectivity index is 3.05. The van der Waals surface area contributed by atoms with Crippen LogP contribution >= 0.6 is 15.9 Å². The van der Waals surface area contributed by atoms with E-state index in [2.05, 4.69) is 21.2 Å². The van der Waals surface area contributed by atoms with E-state index in [1.165, 1.54) is 0 Å². The Hall–Kier alpha value is -1.07. The minimum atomic E-state index is -0.908.